The molecule has 0 aliphatic rings. The van der Waals surface area contributed by atoms with E-state index in [4.69, 9.17) is 11.5 Å². The van der Waals surface area contributed by atoms with Gasteiger partial charge in [-0.15, -0.1) is 0 Å². The van der Waals surface area contributed by atoms with Crippen LogP contribution in [0.4, 0.5) is 0 Å². The van der Waals surface area contributed by atoms with Gasteiger partial charge in [0.15, 0.2) is 0 Å². The van der Waals surface area contributed by atoms with Crippen molar-refractivity contribution in [2.45, 2.75) is 22.7 Å². The summed E-state index contributed by atoms with van der Waals surface area (Å²) in [6, 6.07) is 19.3. The van der Waals surface area contributed by atoms with Crippen LogP contribution in [0.2, 0.25) is 10.6 Å². The van der Waals surface area contributed by atoms with Crippen molar-refractivity contribution in [3.05, 3.63) is 71.8 Å². The third kappa shape index (κ3) is 4.36. The standard InChI is InChI=1S/C16H20N2OSe/c17-15(13-7-3-1-4-8-13)11-20(19)12-16(18)14-9-5-2-6-10-14/h1-10,15-16H,11-12,17-18H2. The molecule has 0 bridgehead atoms. The van der Waals surface area contributed by atoms with E-state index in [1.807, 2.05) is 60.7 Å². The average Bonchev–Trinajstić information content (AvgIpc) is 2.49. The fourth-order valence-electron chi connectivity index (χ4n) is 2.06. The minimum atomic E-state index is -2.02. The Hall–Kier alpha value is -1.32. The number of rotatable bonds is 6. The molecule has 0 aliphatic carbocycles. The van der Waals surface area contributed by atoms with Gasteiger partial charge in [-0.05, 0) is 0 Å². The maximum absolute atomic E-state index is 12.3. The van der Waals surface area contributed by atoms with E-state index >= 15 is 0 Å². The Morgan fingerprint density at radius 2 is 1.10 bits per heavy atom. The molecule has 2 aromatic rings. The molecular formula is C16H20N2OSe. The number of nitrogens with two attached hydrogens (primary N) is 2. The zero-order chi connectivity index (χ0) is 14.4. The Morgan fingerprint density at radius 1 is 0.750 bits per heavy atom. The summed E-state index contributed by atoms with van der Waals surface area (Å²) in [6.45, 7) is 0. The molecule has 3 nitrogen and oxygen atoms in total. The number of hydrogen-bond acceptors (Lipinski definition) is 3. The number of hydrogen-bond donors (Lipinski definition) is 2. The van der Waals surface area contributed by atoms with Crippen molar-refractivity contribution in [1.82, 2.24) is 0 Å². The molecule has 0 spiro atoms. The van der Waals surface area contributed by atoms with Crippen LogP contribution in [0.1, 0.15) is 23.2 Å². The fraction of sp³-hybridized carbons (Fsp3) is 0.250. The van der Waals surface area contributed by atoms with Gasteiger partial charge in [-0.1, -0.05) is 0 Å². The molecule has 0 saturated heterocycles. The molecule has 0 heterocycles. The van der Waals surface area contributed by atoms with Gasteiger partial charge in [-0.3, -0.25) is 0 Å². The average molecular weight is 335 g/mol. The first kappa shape index (κ1) is 15.1. The van der Waals surface area contributed by atoms with Crippen molar-refractivity contribution in [2.24, 2.45) is 11.5 Å². The van der Waals surface area contributed by atoms with E-state index in [2.05, 4.69) is 0 Å². The first-order valence-corrected chi connectivity index (χ1v) is 9.75. The van der Waals surface area contributed by atoms with E-state index in [-0.39, 0.29) is 12.1 Å². The van der Waals surface area contributed by atoms with Crippen LogP contribution in [0, 0.1) is 0 Å². The molecule has 0 fully saturated rings. The molecule has 4 N–H and O–H groups in total. The molecular weight excluding hydrogens is 315 g/mol. The topological polar surface area (TPSA) is 69.1 Å². The van der Waals surface area contributed by atoms with E-state index in [9.17, 15) is 3.83 Å². The van der Waals surface area contributed by atoms with Gasteiger partial charge in [0.25, 0.3) is 0 Å². The van der Waals surface area contributed by atoms with E-state index in [0.717, 1.165) is 11.1 Å². The van der Waals surface area contributed by atoms with Crippen molar-refractivity contribution >= 4 is 13.8 Å². The monoisotopic (exact) mass is 336 g/mol. The van der Waals surface area contributed by atoms with E-state index in [0.29, 0.717) is 10.6 Å². The van der Waals surface area contributed by atoms with Gasteiger partial charge in [0, 0.05) is 0 Å². The molecule has 106 valence electrons. The van der Waals surface area contributed by atoms with Crippen molar-refractivity contribution < 1.29 is 3.83 Å². The molecule has 2 rings (SSSR count). The maximum atomic E-state index is 12.3. The molecule has 20 heavy (non-hydrogen) atoms. The third-order valence-electron chi connectivity index (χ3n) is 3.19. The van der Waals surface area contributed by atoms with Gasteiger partial charge >= 0.3 is 124 Å². The predicted octanol–water partition coefficient (Wildman–Crippen LogP) is 2.81. The molecule has 0 saturated carbocycles. The molecule has 0 amide bonds. The Labute approximate surface area is 124 Å². The van der Waals surface area contributed by atoms with Crippen LogP contribution in [0.5, 0.6) is 0 Å². The van der Waals surface area contributed by atoms with Crippen LogP contribution in [0.15, 0.2) is 60.7 Å². The second-order valence-electron chi connectivity index (χ2n) is 4.81. The Morgan fingerprint density at radius 3 is 1.45 bits per heavy atom. The zero-order valence-corrected chi connectivity index (χ0v) is 13.0. The molecule has 4 heteroatoms. The first-order chi connectivity index (χ1) is 9.66. The van der Waals surface area contributed by atoms with Crippen molar-refractivity contribution in [2.75, 3.05) is 0 Å². The quantitative estimate of drug-likeness (QED) is 0.798. The zero-order valence-electron chi connectivity index (χ0n) is 11.3. The van der Waals surface area contributed by atoms with Crippen LogP contribution in [0.3, 0.4) is 0 Å². The number of benzene rings is 2. The summed E-state index contributed by atoms with van der Waals surface area (Å²) in [6.07, 6.45) is 0. The van der Waals surface area contributed by atoms with Crippen LogP contribution >= 0.6 is 0 Å². The van der Waals surface area contributed by atoms with Gasteiger partial charge in [-0.25, -0.2) is 0 Å². The van der Waals surface area contributed by atoms with E-state index < -0.39 is 13.8 Å². The van der Waals surface area contributed by atoms with Gasteiger partial charge < -0.3 is 0 Å². The summed E-state index contributed by atoms with van der Waals surface area (Å²) in [5, 5.41) is 1.06. The molecule has 0 radical (unpaired) electrons. The molecule has 0 aliphatic heterocycles. The van der Waals surface area contributed by atoms with Crippen LogP contribution in [-0.2, 0) is 3.83 Å². The van der Waals surface area contributed by atoms with Crippen molar-refractivity contribution in [3.8, 4) is 0 Å². The summed E-state index contributed by atoms with van der Waals surface area (Å²) in [7, 11) is 0. The first-order valence-electron chi connectivity index (χ1n) is 6.63. The third-order valence-corrected chi connectivity index (χ3v) is 6.25. The van der Waals surface area contributed by atoms with Gasteiger partial charge in [0.1, 0.15) is 0 Å². The molecule has 0 aromatic heterocycles. The Kier molecular flexibility index (Phi) is 5.62. The molecule has 2 aromatic carbocycles. The van der Waals surface area contributed by atoms with Crippen molar-refractivity contribution in [1.29, 1.82) is 0 Å². The molecule has 2 atom stereocenters. The summed E-state index contributed by atoms with van der Waals surface area (Å²) < 4.78 is 12.3. The predicted molar refractivity (Wildman–Crippen MR) is 82.8 cm³/mol. The minimum absolute atomic E-state index is 0.165. The van der Waals surface area contributed by atoms with E-state index in [1.54, 1.807) is 0 Å². The second-order valence-corrected chi connectivity index (χ2v) is 8.05. The fourth-order valence-corrected chi connectivity index (χ4v) is 4.84. The van der Waals surface area contributed by atoms with Gasteiger partial charge in [-0.2, -0.15) is 0 Å². The Balaban J connectivity index is 1.90. The SMILES string of the molecule is NC(C[Se](=O)CC(N)c1ccccc1)c1ccccc1. The second kappa shape index (κ2) is 7.46. The summed E-state index contributed by atoms with van der Waals surface area (Å²) in [5.74, 6) is 0. The van der Waals surface area contributed by atoms with Crippen LogP contribution in [-0.4, -0.2) is 13.8 Å². The van der Waals surface area contributed by atoms with Crippen LogP contribution in [0.25, 0.3) is 0 Å². The van der Waals surface area contributed by atoms with Crippen molar-refractivity contribution in [3.63, 3.8) is 0 Å². The van der Waals surface area contributed by atoms with Gasteiger partial charge in [0.05, 0.1) is 0 Å². The molecule has 2 unspecified atom stereocenters. The summed E-state index contributed by atoms with van der Waals surface area (Å²) >= 11 is -2.02. The van der Waals surface area contributed by atoms with Gasteiger partial charge in [0.2, 0.25) is 0 Å². The Bertz CT molecular complexity index is 495. The van der Waals surface area contributed by atoms with Crippen LogP contribution < -0.4 is 11.5 Å². The normalized spacial score (nSPS) is 15.5. The summed E-state index contributed by atoms with van der Waals surface area (Å²) in [4.78, 5) is 0. The summed E-state index contributed by atoms with van der Waals surface area (Å²) in [5.41, 5.74) is 14.3. The van der Waals surface area contributed by atoms with E-state index in [1.165, 1.54) is 0 Å².